The average molecular weight is 386 g/mol. The molecular weight excluding hydrogens is 369 g/mol. The summed E-state index contributed by atoms with van der Waals surface area (Å²) in [6, 6.07) is 10.4. The number of nitrogens with zero attached hydrogens (tertiary/aromatic N) is 3. The van der Waals surface area contributed by atoms with Crippen molar-refractivity contribution in [3.8, 4) is 17.2 Å². The summed E-state index contributed by atoms with van der Waals surface area (Å²) in [4.78, 5) is 8.37. The first-order valence-electron chi connectivity index (χ1n) is 8.83. The van der Waals surface area contributed by atoms with Crippen LogP contribution in [0.3, 0.4) is 0 Å². The van der Waals surface area contributed by atoms with Crippen molar-refractivity contribution >= 4 is 5.84 Å². The molecule has 1 aromatic heterocycles. The lowest BCUT2D eigenvalue weighted by molar-refractivity contribution is -0.243. The number of pyridine rings is 1. The van der Waals surface area contributed by atoms with Crippen LogP contribution in [-0.2, 0) is 10.3 Å². The summed E-state index contributed by atoms with van der Waals surface area (Å²) < 4.78 is 46.8. The van der Waals surface area contributed by atoms with Gasteiger partial charge in [-0.15, -0.1) is 0 Å². The Morgan fingerprint density at radius 1 is 1.18 bits per heavy atom. The topological polar surface area (TPSA) is 84.3 Å². The zero-order chi connectivity index (χ0) is 19.9. The third-order valence-corrected chi connectivity index (χ3v) is 5.15. The number of halogens is 3. The highest BCUT2D eigenvalue weighted by molar-refractivity contribution is 5.83. The molecule has 5 nitrogen and oxygen atoms in total. The smallest absolute Gasteiger partial charge is 0.386 e. The van der Waals surface area contributed by atoms with Crippen LogP contribution < -0.4 is 5.73 Å². The van der Waals surface area contributed by atoms with Crippen molar-refractivity contribution < 1.29 is 17.9 Å². The number of nitriles is 1. The van der Waals surface area contributed by atoms with Gasteiger partial charge in [-0.2, -0.15) is 18.4 Å². The molecule has 2 atom stereocenters. The number of nitrogens with two attached hydrogens (primary N) is 1. The monoisotopic (exact) mass is 386 g/mol. The van der Waals surface area contributed by atoms with Crippen molar-refractivity contribution in [2.45, 2.75) is 30.7 Å². The van der Waals surface area contributed by atoms with E-state index in [0.717, 1.165) is 0 Å². The Morgan fingerprint density at radius 2 is 1.96 bits per heavy atom. The number of alkyl halides is 3. The van der Waals surface area contributed by atoms with E-state index in [0.29, 0.717) is 35.1 Å². The molecule has 1 fully saturated rings. The first-order chi connectivity index (χ1) is 13.3. The summed E-state index contributed by atoms with van der Waals surface area (Å²) in [6.07, 6.45) is -2.38. The van der Waals surface area contributed by atoms with E-state index in [-0.39, 0.29) is 18.4 Å². The van der Waals surface area contributed by atoms with Gasteiger partial charge >= 0.3 is 6.18 Å². The Kier molecular flexibility index (Phi) is 4.35. The van der Waals surface area contributed by atoms with E-state index in [2.05, 4.69) is 9.98 Å². The van der Waals surface area contributed by atoms with Crippen molar-refractivity contribution in [3.05, 3.63) is 53.9 Å². The van der Waals surface area contributed by atoms with Gasteiger partial charge in [-0.1, -0.05) is 18.2 Å². The second-order valence-corrected chi connectivity index (χ2v) is 7.09. The number of benzene rings is 1. The van der Waals surface area contributed by atoms with Crippen LogP contribution >= 0.6 is 0 Å². The summed E-state index contributed by atoms with van der Waals surface area (Å²) in [5.41, 5.74) is 6.29. The molecule has 0 unspecified atom stereocenters. The third kappa shape index (κ3) is 3.12. The zero-order valence-electron chi connectivity index (χ0n) is 14.8. The summed E-state index contributed by atoms with van der Waals surface area (Å²) in [7, 11) is 0. The molecule has 0 radical (unpaired) electrons. The molecule has 0 saturated heterocycles. The molecule has 2 aromatic rings. The quantitative estimate of drug-likeness (QED) is 0.874. The number of amidine groups is 1. The maximum Gasteiger partial charge on any atom is 0.417 e. The van der Waals surface area contributed by atoms with Gasteiger partial charge in [0.25, 0.3) is 0 Å². The van der Waals surface area contributed by atoms with E-state index in [4.69, 9.17) is 15.7 Å². The van der Waals surface area contributed by atoms with Gasteiger partial charge in [0.15, 0.2) is 6.10 Å². The molecule has 0 amide bonds. The highest BCUT2D eigenvalue weighted by Gasteiger charge is 2.63. The van der Waals surface area contributed by atoms with Crippen LogP contribution in [0.5, 0.6) is 0 Å². The molecule has 8 heteroatoms. The predicted octanol–water partition coefficient (Wildman–Crippen LogP) is 3.54. The molecule has 1 aliphatic carbocycles. The van der Waals surface area contributed by atoms with Gasteiger partial charge in [-0.25, -0.2) is 0 Å². The van der Waals surface area contributed by atoms with Crippen LogP contribution in [0, 0.1) is 17.2 Å². The minimum atomic E-state index is -4.58. The number of rotatable bonds is 3. The molecule has 0 spiro atoms. The van der Waals surface area contributed by atoms with Crippen molar-refractivity contribution in [2.24, 2.45) is 16.6 Å². The number of hydrogen-bond donors (Lipinski definition) is 1. The van der Waals surface area contributed by atoms with Gasteiger partial charge in [0.05, 0.1) is 5.56 Å². The average Bonchev–Trinajstić information content (AvgIpc) is 3.52. The van der Waals surface area contributed by atoms with Crippen molar-refractivity contribution in [1.29, 1.82) is 5.26 Å². The summed E-state index contributed by atoms with van der Waals surface area (Å²) >= 11 is 0. The van der Waals surface area contributed by atoms with Crippen LogP contribution in [0.15, 0.2) is 47.7 Å². The largest absolute Gasteiger partial charge is 0.417 e. The van der Waals surface area contributed by atoms with Gasteiger partial charge in [0.1, 0.15) is 24.1 Å². The standard InChI is InChI=1S/C20H17F3N4O/c21-20(22,23)18-19(15-4-5-15,27-17(25)11-28-18)16-3-1-2-13(7-16)14-6-12(8-24)9-26-10-14/h1-3,6-7,9-10,15,18H,4-5,11H2,(H2,25,27)/t18-,19-/m1/s1. The molecule has 2 heterocycles. The molecule has 28 heavy (non-hydrogen) atoms. The lowest BCUT2D eigenvalue weighted by atomic mass is 9.78. The molecule has 1 saturated carbocycles. The van der Waals surface area contributed by atoms with Gasteiger partial charge in [0.2, 0.25) is 0 Å². The Balaban J connectivity index is 1.87. The Bertz CT molecular complexity index is 978. The minimum Gasteiger partial charge on any atom is -0.386 e. The fraction of sp³-hybridized carbons (Fsp3) is 0.350. The fourth-order valence-corrected chi connectivity index (χ4v) is 3.86. The van der Waals surface area contributed by atoms with Crippen LogP contribution in [0.2, 0.25) is 0 Å². The normalized spacial score (nSPS) is 25.1. The van der Waals surface area contributed by atoms with Crippen LogP contribution in [0.4, 0.5) is 13.2 Å². The van der Waals surface area contributed by atoms with E-state index < -0.39 is 17.8 Å². The number of hydrogen-bond acceptors (Lipinski definition) is 5. The molecule has 0 bridgehead atoms. The predicted molar refractivity (Wildman–Crippen MR) is 96.2 cm³/mol. The molecule has 1 aromatic carbocycles. The van der Waals surface area contributed by atoms with E-state index in [1.54, 1.807) is 36.5 Å². The maximum atomic E-state index is 13.9. The summed E-state index contributed by atoms with van der Waals surface area (Å²) in [6.45, 7) is -0.341. The highest BCUT2D eigenvalue weighted by atomic mass is 19.4. The summed E-state index contributed by atoms with van der Waals surface area (Å²) in [5.74, 6) is -0.234. The van der Waals surface area contributed by atoms with Crippen molar-refractivity contribution in [3.63, 3.8) is 0 Å². The van der Waals surface area contributed by atoms with E-state index >= 15 is 0 Å². The molecule has 4 rings (SSSR count). The first kappa shape index (κ1) is 18.4. The van der Waals surface area contributed by atoms with E-state index in [9.17, 15) is 13.2 Å². The number of aromatic nitrogens is 1. The van der Waals surface area contributed by atoms with E-state index in [1.165, 1.54) is 6.20 Å². The fourth-order valence-electron chi connectivity index (χ4n) is 3.86. The lowest BCUT2D eigenvalue weighted by Crippen LogP contribution is -2.55. The third-order valence-electron chi connectivity index (χ3n) is 5.15. The van der Waals surface area contributed by atoms with Gasteiger partial charge in [-0.05, 0) is 42.0 Å². The Hall–Kier alpha value is -2.92. The van der Waals surface area contributed by atoms with Gasteiger partial charge in [0, 0.05) is 18.0 Å². The molecule has 2 N–H and O–H groups in total. The molecule has 2 aliphatic rings. The minimum absolute atomic E-state index is 0.0611. The second kappa shape index (κ2) is 6.60. The molecule has 144 valence electrons. The van der Waals surface area contributed by atoms with E-state index in [1.807, 2.05) is 6.07 Å². The lowest BCUT2D eigenvalue weighted by Gasteiger charge is -2.42. The maximum absolute atomic E-state index is 13.9. The summed E-state index contributed by atoms with van der Waals surface area (Å²) in [5, 5.41) is 9.08. The second-order valence-electron chi connectivity index (χ2n) is 7.09. The van der Waals surface area contributed by atoms with Crippen LogP contribution in [-0.4, -0.2) is 29.7 Å². The highest BCUT2D eigenvalue weighted by Crippen LogP contribution is 2.55. The van der Waals surface area contributed by atoms with Gasteiger partial charge in [-0.3, -0.25) is 9.98 Å². The Morgan fingerprint density at radius 3 is 2.64 bits per heavy atom. The zero-order valence-corrected chi connectivity index (χ0v) is 14.8. The number of ether oxygens (including phenoxy) is 1. The SMILES string of the molecule is N#Cc1cncc(-c2cccc([C@@]3(C4CC4)N=C(N)CO[C@H]3C(F)(F)F)c2)c1. The van der Waals surface area contributed by atoms with Crippen LogP contribution in [0.1, 0.15) is 24.0 Å². The van der Waals surface area contributed by atoms with Crippen molar-refractivity contribution in [1.82, 2.24) is 4.98 Å². The van der Waals surface area contributed by atoms with Crippen LogP contribution in [0.25, 0.3) is 11.1 Å². The van der Waals surface area contributed by atoms with Crippen molar-refractivity contribution in [2.75, 3.05) is 6.61 Å². The molecule has 1 aliphatic heterocycles. The Labute approximate surface area is 159 Å². The van der Waals surface area contributed by atoms with Gasteiger partial charge < -0.3 is 10.5 Å². The number of aliphatic imine (C=N–C) groups is 1. The molecular formula is C20H17F3N4O. The first-order valence-corrected chi connectivity index (χ1v) is 8.83.